The van der Waals surface area contributed by atoms with Gasteiger partial charge in [0.1, 0.15) is 18.3 Å². The molecule has 0 bridgehead atoms. The van der Waals surface area contributed by atoms with Crippen molar-refractivity contribution < 1.29 is 18.8 Å². The molecule has 0 radical (unpaired) electrons. The molecule has 0 aliphatic carbocycles. The molecule has 2 heterocycles. The number of aliphatic hydroxyl groups is 1. The highest BCUT2D eigenvalue weighted by atomic mass is 32.2. The fourth-order valence-corrected chi connectivity index (χ4v) is 4.21. The van der Waals surface area contributed by atoms with Crippen LogP contribution in [0.2, 0.25) is 0 Å². The number of hydrogen-bond acceptors (Lipinski definition) is 4. The first-order chi connectivity index (χ1) is 9.13. The van der Waals surface area contributed by atoms with Crippen LogP contribution in [-0.4, -0.2) is 39.2 Å². The Kier molecular flexibility index (Phi) is 3.09. The average molecular weight is 280 g/mol. The zero-order valence-corrected chi connectivity index (χ0v) is 11.4. The molecule has 5 atom stereocenters. The fourth-order valence-electron chi connectivity index (χ4n) is 2.54. The van der Waals surface area contributed by atoms with Gasteiger partial charge in [0.25, 0.3) is 0 Å². The Balaban J connectivity index is 1.91. The van der Waals surface area contributed by atoms with E-state index in [0.717, 1.165) is 5.56 Å². The molecule has 1 aromatic carbocycles. The number of hydrogen-bond donors (Lipinski definition) is 1. The van der Waals surface area contributed by atoms with Gasteiger partial charge < -0.3 is 14.6 Å². The third-order valence-electron chi connectivity index (χ3n) is 3.63. The van der Waals surface area contributed by atoms with Crippen LogP contribution in [0.1, 0.15) is 5.56 Å². The molecule has 2 saturated heterocycles. The zero-order valence-electron chi connectivity index (χ0n) is 10.6. The van der Waals surface area contributed by atoms with E-state index in [2.05, 4.69) is 6.58 Å². The molecule has 4 nitrogen and oxygen atoms in total. The molecule has 5 heteroatoms. The smallest absolute Gasteiger partial charge is 0.205 e. The number of aliphatic hydroxyl groups excluding tert-OH is 1. The van der Waals surface area contributed by atoms with Gasteiger partial charge in [0.15, 0.2) is 0 Å². The topological polar surface area (TPSA) is 59.1 Å². The van der Waals surface area contributed by atoms with E-state index >= 15 is 0 Å². The Morgan fingerprint density at radius 1 is 1.47 bits per heavy atom. The maximum absolute atomic E-state index is 12.7. The van der Waals surface area contributed by atoms with E-state index in [1.165, 1.54) is 0 Å². The number of benzene rings is 1. The van der Waals surface area contributed by atoms with Gasteiger partial charge in [-0.05, 0) is 19.1 Å². The highest BCUT2D eigenvalue weighted by Crippen LogP contribution is 2.54. The van der Waals surface area contributed by atoms with E-state index in [9.17, 15) is 9.32 Å². The number of epoxide rings is 1. The number of rotatable bonds is 4. The van der Waals surface area contributed by atoms with Crippen LogP contribution in [-0.2, 0) is 20.3 Å². The van der Waals surface area contributed by atoms with Gasteiger partial charge in [-0.1, -0.05) is 23.8 Å². The molecule has 0 unspecified atom stereocenters. The van der Waals surface area contributed by atoms with Crippen LogP contribution in [0.5, 0.6) is 0 Å². The minimum atomic E-state index is -1.34. The van der Waals surface area contributed by atoms with Gasteiger partial charge in [0.2, 0.25) is 4.93 Å². The Morgan fingerprint density at radius 2 is 2.16 bits per heavy atom. The second-order valence-electron chi connectivity index (χ2n) is 4.86. The zero-order chi connectivity index (χ0) is 13.6. The Labute approximate surface area is 114 Å². The van der Waals surface area contributed by atoms with Crippen molar-refractivity contribution in [1.82, 2.24) is 0 Å². The molecule has 2 aliphatic heterocycles. The monoisotopic (exact) mass is 280 g/mol. The standard InChI is InChI=1S/C14H16O4S/c1-3-12-14(13(18-14)11(8-15)17-12)19(16)10-6-4-9(2)5-7-10/h3-7,11-13,15H,1,8H2,2H3/t11-,12+,13-,14-,19+/m1/s1. The van der Waals surface area contributed by atoms with Gasteiger partial charge in [-0.25, -0.2) is 0 Å². The predicted molar refractivity (Wildman–Crippen MR) is 71.1 cm³/mol. The lowest BCUT2D eigenvalue weighted by Crippen LogP contribution is -2.31. The lowest BCUT2D eigenvalue weighted by molar-refractivity contribution is -0.0374. The van der Waals surface area contributed by atoms with Gasteiger partial charge >= 0.3 is 0 Å². The second kappa shape index (κ2) is 4.52. The lowest BCUT2D eigenvalue weighted by atomic mass is 10.2. The summed E-state index contributed by atoms with van der Waals surface area (Å²) >= 11 is 0. The summed E-state index contributed by atoms with van der Waals surface area (Å²) < 4.78 is 24.0. The quantitative estimate of drug-likeness (QED) is 0.664. The molecular weight excluding hydrogens is 264 g/mol. The van der Waals surface area contributed by atoms with Crippen molar-refractivity contribution in [2.24, 2.45) is 0 Å². The molecule has 19 heavy (non-hydrogen) atoms. The molecule has 1 N–H and O–H groups in total. The Bertz CT molecular complexity index is 527. The summed E-state index contributed by atoms with van der Waals surface area (Å²) in [5, 5.41) is 9.24. The summed E-state index contributed by atoms with van der Waals surface area (Å²) in [6.45, 7) is 5.55. The Morgan fingerprint density at radius 3 is 2.74 bits per heavy atom. The van der Waals surface area contributed by atoms with Crippen molar-refractivity contribution >= 4 is 10.8 Å². The van der Waals surface area contributed by atoms with Crippen LogP contribution in [0.3, 0.4) is 0 Å². The molecule has 0 aromatic heterocycles. The van der Waals surface area contributed by atoms with Crippen LogP contribution < -0.4 is 0 Å². The largest absolute Gasteiger partial charge is 0.394 e. The number of fused-ring (bicyclic) bond motifs is 1. The van der Waals surface area contributed by atoms with Gasteiger partial charge in [0, 0.05) is 4.90 Å². The van der Waals surface area contributed by atoms with Crippen molar-refractivity contribution in [1.29, 1.82) is 0 Å². The summed E-state index contributed by atoms with van der Waals surface area (Å²) in [6.07, 6.45) is 0.415. The minimum absolute atomic E-state index is 0.137. The molecule has 2 aliphatic rings. The first kappa shape index (κ1) is 13.0. The van der Waals surface area contributed by atoms with Crippen molar-refractivity contribution in [3.63, 3.8) is 0 Å². The van der Waals surface area contributed by atoms with E-state index in [-0.39, 0.29) is 12.7 Å². The molecule has 3 rings (SSSR count). The summed E-state index contributed by atoms with van der Waals surface area (Å²) in [6, 6.07) is 7.52. The summed E-state index contributed by atoms with van der Waals surface area (Å²) in [4.78, 5) is -0.160. The number of aryl methyl sites for hydroxylation is 1. The average Bonchev–Trinajstić information content (AvgIpc) is 3.10. The SMILES string of the molecule is C=C[C@@H]1O[C@H](CO)[C@H]2O[C@@]12[S@@](=O)c1ccc(C)cc1. The van der Waals surface area contributed by atoms with Crippen LogP contribution in [0, 0.1) is 6.92 Å². The van der Waals surface area contributed by atoms with Gasteiger partial charge in [0.05, 0.1) is 17.4 Å². The van der Waals surface area contributed by atoms with E-state index in [1.54, 1.807) is 6.08 Å². The molecule has 2 fully saturated rings. The molecule has 0 amide bonds. The van der Waals surface area contributed by atoms with Gasteiger partial charge in [-0.3, -0.25) is 4.21 Å². The van der Waals surface area contributed by atoms with Crippen molar-refractivity contribution in [2.45, 2.75) is 35.1 Å². The molecular formula is C14H16O4S. The third-order valence-corrected chi connectivity index (χ3v) is 5.47. The van der Waals surface area contributed by atoms with Crippen LogP contribution in [0.15, 0.2) is 41.8 Å². The van der Waals surface area contributed by atoms with Crippen LogP contribution in [0.25, 0.3) is 0 Å². The third kappa shape index (κ3) is 1.80. The first-order valence-corrected chi connectivity index (χ1v) is 7.33. The highest BCUT2D eigenvalue weighted by molar-refractivity contribution is 7.86. The van der Waals surface area contributed by atoms with Crippen molar-refractivity contribution in [3.8, 4) is 0 Å². The molecule has 1 aromatic rings. The van der Waals surface area contributed by atoms with Crippen LogP contribution in [0.4, 0.5) is 0 Å². The Hall–Kier alpha value is -1.01. The van der Waals surface area contributed by atoms with Crippen molar-refractivity contribution in [2.75, 3.05) is 6.61 Å². The lowest BCUT2D eigenvalue weighted by Gasteiger charge is -2.17. The van der Waals surface area contributed by atoms with E-state index < -0.39 is 27.9 Å². The van der Waals surface area contributed by atoms with Gasteiger partial charge in [-0.2, -0.15) is 0 Å². The first-order valence-electron chi connectivity index (χ1n) is 6.18. The summed E-state index contributed by atoms with van der Waals surface area (Å²) in [5.41, 5.74) is 1.11. The maximum atomic E-state index is 12.7. The normalized spacial score (nSPS) is 37.7. The molecule has 0 saturated carbocycles. The molecule has 0 spiro atoms. The summed E-state index contributed by atoms with van der Waals surface area (Å²) in [5.74, 6) is 0. The van der Waals surface area contributed by atoms with Crippen LogP contribution >= 0.6 is 0 Å². The van der Waals surface area contributed by atoms with E-state index in [0.29, 0.717) is 4.90 Å². The minimum Gasteiger partial charge on any atom is -0.394 e. The van der Waals surface area contributed by atoms with E-state index in [4.69, 9.17) is 9.47 Å². The second-order valence-corrected chi connectivity index (χ2v) is 6.50. The number of ether oxygens (including phenoxy) is 2. The van der Waals surface area contributed by atoms with E-state index in [1.807, 2.05) is 31.2 Å². The summed E-state index contributed by atoms with van der Waals surface area (Å²) in [7, 11) is -1.34. The maximum Gasteiger partial charge on any atom is 0.205 e. The fraction of sp³-hybridized carbons (Fsp3) is 0.429. The predicted octanol–water partition coefficient (Wildman–Crippen LogP) is 1.14. The van der Waals surface area contributed by atoms with Crippen molar-refractivity contribution in [3.05, 3.63) is 42.5 Å². The van der Waals surface area contributed by atoms with Gasteiger partial charge in [-0.15, -0.1) is 6.58 Å². The molecule has 102 valence electrons. The highest BCUT2D eigenvalue weighted by Gasteiger charge is 2.74.